The lowest BCUT2D eigenvalue weighted by atomic mass is 10.1. The van der Waals surface area contributed by atoms with E-state index in [2.05, 4.69) is 20.8 Å². The minimum atomic E-state index is -4.55. The number of morpholine rings is 1. The third-order valence-corrected chi connectivity index (χ3v) is 5.70. The number of benzene rings is 2. The number of ether oxygens (including phenoxy) is 1. The predicted octanol–water partition coefficient (Wildman–Crippen LogP) is 3.39. The molecule has 1 aliphatic rings. The zero-order valence-electron chi connectivity index (χ0n) is 17.0. The van der Waals surface area contributed by atoms with Gasteiger partial charge >= 0.3 is 6.18 Å². The Labute approximate surface area is 189 Å². The molecule has 2 heterocycles. The molecule has 1 N–H and O–H groups in total. The van der Waals surface area contributed by atoms with Crippen molar-refractivity contribution in [1.29, 1.82) is 0 Å². The molecular formula is C20H18F4N6O2S. The Balaban J connectivity index is 1.50. The first kappa shape index (κ1) is 23.0. The van der Waals surface area contributed by atoms with Gasteiger partial charge in [-0.15, -0.1) is 5.10 Å². The van der Waals surface area contributed by atoms with Crippen molar-refractivity contribution in [2.24, 2.45) is 0 Å². The highest BCUT2D eigenvalue weighted by Crippen LogP contribution is 2.36. The summed E-state index contributed by atoms with van der Waals surface area (Å²) >= 11 is 0.969. The average Bonchev–Trinajstić information content (AvgIpc) is 3.26. The fourth-order valence-corrected chi connectivity index (χ4v) is 3.94. The van der Waals surface area contributed by atoms with Gasteiger partial charge in [-0.25, -0.2) is 4.39 Å². The Hall–Kier alpha value is -3.19. The van der Waals surface area contributed by atoms with E-state index in [0.29, 0.717) is 37.7 Å². The molecule has 0 radical (unpaired) electrons. The quantitative estimate of drug-likeness (QED) is 0.426. The zero-order valence-corrected chi connectivity index (χ0v) is 17.9. The fourth-order valence-electron chi connectivity index (χ4n) is 3.25. The number of hydrogen-bond acceptors (Lipinski definition) is 7. The summed E-state index contributed by atoms with van der Waals surface area (Å²) in [5.41, 5.74) is 0.0455. The van der Waals surface area contributed by atoms with E-state index < -0.39 is 23.5 Å². The molecule has 0 spiro atoms. The van der Waals surface area contributed by atoms with Crippen LogP contribution in [0.4, 0.5) is 28.9 Å². The largest absolute Gasteiger partial charge is 0.416 e. The second kappa shape index (κ2) is 9.75. The van der Waals surface area contributed by atoms with Crippen LogP contribution in [-0.4, -0.2) is 58.2 Å². The second-order valence-corrected chi connectivity index (χ2v) is 7.96. The molecule has 0 unspecified atom stereocenters. The number of tetrazole rings is 1. The summed E-state index contributed by atoms with van der Waals surface area (Å²) in [7, 11) is 0. The number of carbonyl (C=O) groups is 1. The van der Waals surface area contributed by atoms with E-state index in [1.165, 1.54) is 28.9 Å². The van der Waals surface area contributed by atoms with Crippen LogP contribution in [0.25, 0.3) is 5.69 Å². The Morgan fingerprint density at radius 2 is 1.94 bits per heavy atom. The van der Waals surface area contributed by atoms with Crippen molar-refractivity contribution in [3.8, 4) is 5.69 Å². The minimum absolute atomic E-state index is 0.0575. The molecule has 1 fully saturated rings. The number of halogens is 4. The molecule has 0 bridgehead atoms. The normalized spacial score (nSPS) is 14.4. The molecule has 33 heavy (non-hydrogen) atoms. The Morgan fingerprint density at radius 1 is 1.15 bits per heavy atom. The van der Waals surface area contributed by atoms with Gasteiger partial charge in [-0.2, -0.15) is 17.9 Å². The topological polar surface area (TPSA) is 85.2 Å². The summed E-state index contributed by atoms with van der Waals surface area (Å²) in [4.78, 5) is 14.5. The molecule has 1 amide bonds. The summed E-state index contributed by atoms with van der Waals surface area (Å²) in [5, 5.41) is 14.0. The smallest absolute Gasteiger partial charge is 0.378 e. The van der Waals surface area contributed by atoms with Gasteiger partial charge in [0.2, 0.25) is 11.1 Å². The van der Waals surface area contributed by atoms with Gasteiger partial charge in [-0.1, -0.05) is 17.8 Å². The van der Waals surface area contributed by atoms with Crippen LogP contribution in [0.2, 0.25) is 0 Å². The SMILES string of the molecule is O=C(CSc1nnnn1-c1cccc(F)c1)Nc1cc(C(F)(F)F)ccc1N1CCOCC1. The molecule has 0 saturated carbocycles. The lowest BCUT2D eigenvalue weighted by Gasteiger charge is -2.31. The number of anilines is 2. The molecule has 3 aromatic rings. The molecule has 174 valence electrons. The van der Waals surface area contributed by atoms with Gasteiger partial charge in [0, 0.05) is 13.1 Å². The number of nitrogens with zero attached hydrogens (tertiary/aromatic N) is 5. The average molecular weight is 482 g/mol. The van der Waals surface area contributed by atoms with E-state index in [0.717, 1.165) is 23.9 Å². The number of hydrogen-bond donors (Lipinski definition) is 1. The summed E-state index contributed by atoms with van der Waals surface area (Å²) in [6.45, 7) is 1.86. The van der Waals surface area contributed by atoms with Crippen LogP contribution in [0.15, 0.2) is 47.6 Å². The number of carbonyl (C=O) groups excluding carboxylic acids is 1. The number of alkyl halides is 3. The van der Waals surface area contributed by atoms with Crippen LogP contribution in [-0.2, 0) is 15.7 Å². The molecule has 4 rings (SSSR count). The maximum Gasteiger partial charge on any atom is 0.416 e. The maximum atomic E-state index is 13.5. The lowest BCUT2D eigenvalue weighted by Crippen LogP contribution is -2.37. The van der Waals surface area contributed by atoms with Gasteiger partial charge in [-0.05, 0) is 46.8 Å². The Bertz CT molecular complexity index is 1130. The van der Waals surface area contributed by atoms with E-state index in [1.807, 2.05) is 4.90 Å². The third kappa shape index (κ3) is 5.60. The number of rotatable bonds is 6. The highest BCUT2D eigenvalue weighted by atomic mass is 32.2. The van der Waals surface area contributed by atoms with Crippen molar-refractivity contribution < 1.29 is 27.1 Å². The van der Waals surface area contributed by atoms with E-state index in [4.69, 9.17) is 4.74 Å². The van der Waals surface area contributed by atoms with Crippen molar-refractivity contribution in [3.63, 3.8) is 0 Å². The summed E-state index contributed by atoms with van der Waals surface area (Å²) < 4.78 is 59.8. The van der Waals surface area contributed by atoms with E-state index in [9.17, 15) is 22.4 Å². The molecule has 1 aromatic heterocycles. The van der Waals surface area contributed by atoms with Crippen molar-refractivity contribution in [2.45, 2.75) is 11.3 Å². The van der Waals surface area contributed by atoms with Crippen LogP contribution in [0.5, 0.6) is 0 Å². The summed E-state index contributed by atoms with van der Waals surface area (Å²) in [5.74, 6) is -1.19. The van der Waals surface area contributed by atoms with E-state index in [-0.39, 0.29) is 16.6 Å². The van der Waals surface area contributed by atoms with Gasteiger partial charge in [0.1, 0.15) is 5.82 Å². The van der Waals surface area contributed by atoms with Gasteiger partial charge in [0.05, 0.1) is 41.6 Å². The zero-order chi connectivity index (χ0) is 23.4. The maximum absolute atomic E-state index is 13.5. The van der Waals surface area contributed by atoms with Crippen LogP contribution >= 0.6 is 11.8 Å². The minimum Gasteiger partial charge on any atom is -0.378 e. The summed E-state index contributed by atoms with van der Waals surface area (Å²) in [6.07, 6.45) is -4.55. The molecular weight excluding hydrogens is 464 g/mol. The first-order chi connectivity index (χ1) is 15.8. The lowest BCUT2D eigenvalue weighted by molar-refractivity contribution is -0.137. The molecule has 2 aromatic carbocycles. The standard InChI is InChI=1S/C20H18F4N6O2S/c21-14-2-1-3-15(11-14)30-19(26-27-28-30)33-12-18(31)25-16-10-13(20(22,23)24)4-5-17(16)29-6-8-32-9-7-29/h1-5,10-11H,6-9,12H2,(H,25,31). The summed E-state index contributed by atoms with van der Waals surface area (Å²) in [6, 6.07) is 8.86. The molecule has 13 heteroatoms. The monoisotopic (exact) mass is 482 g/mol. The Kier molecular flexibility index (Phi) is 6.79. The van der Waals surface area contributed by atoms with E-state index in [1.54, 1.807) is 6.07 Å². The number of nitrogens with one attached hydrogen (secondary N) is 1. The number of thioether (sulfide) groups is 1. The van der Waals surface area contributed by atoms with Gasteiger partial charge in [0.25, 0.3) is 0 Å². The van der Waals surface area contributed by atoms with Crippen molar-refractivity contribution in [3.05, 3.63) is 53.8 Å². The second-order valence-electron chi connectivity index (χ2n) is 7.02. The van der Waals surface area contributed by atoms with Crippen molar-refractivity contribution >= 4 is 29.0 Å². The predicted molar refractivity (Wildman–Crippen MR) is 113 cm³/mol. The highest BCUT2D eigenvalue weighted by molar-refractivity contribution is 7.99. The Morgan fingerprint density at radius 3 is 2.67 bits per heavy atom. The van der Waals surface area contributed by atoms with Crippen LogP contribution in [0, 0.1) is 5.82 Å². The van der Waals surface area contributed by atoms with Crippen molar-refractivity contribution in [2.75, 3.05) is 42.3 Å². The first-order valence-electron chi connectivity index (χ1n) is 9.82. The molecule has 1 aliphatic heterocycles. The van der Waals surface area contributed by atoms with E-state index >= 15 is 0 Å². The third-order valence-electron chi connectivity index (χ3n) is 4.78. The van der Waals surface area contributed by atoms with Crippen LogP contribution in [0.3, 0.4) is 0 Å². The van der Waals surface area contributed by atoms with Crippen LogP contribution in [0.1, 0.15) is 5.56 Å². The molecule has 0 aliphatic carbocycles. The van der Waals surface area contributed by atoms with Gasteiger partial charge in [0.15, 0.2) is 0 Å². The fraction of sp³-hybridized carbons (Fsp3) is 0.300. The molecule has 1 saturated heterocycles. The molecule has 8 nitrogen and oxygen atoms in total. The van der Waals surface area contributed by atoms with Crippen molar-refractivity contribution in [1.82, 2.24) is 20.2 Å². The highest BCUT2D eigenvalue weighted by Gasteiger charge is 2.32. The first-order valence-corrected chi connectivity index (χ1v) is 10.8. The van der Waals surface area contributed by atoms with Gasteiger partial charge in [-0.3, -0.25) is 4.79 Å². The van der Waals surface area contributed by atoms with Crippen LogP contribution < -0.4 is 10.2 Å². The molecule has 0 atom stereocenters. The van der Waals surface area contributed by atoms with Gasteiger partial charge < -0.3 is 15.0 Å². The number of amides is 1. The number of aromatic nitrogens is 4.